The fraction of sp³-hybridized carbons (Fsp3) is 0.600. The maximum absolute atomic E-state index is 12.2. The number of aryl methyl sites for hydroxylation is 1. The van der Waals surface area contributed by atoms with Gasteiger partial charge in [0, 0.05) is 4.88 Å². The van der Waals surface area contributed by atoms with Crippen LogP contribution in [-0.2, 0) is 9.59 Å². The Balaban J connectivity index is 2.00. The lowest BCUT2D eigenvalue weighted by Gasteiger charge is -2.32. The molecule has 2 N–H and O–H groups in total. The average molecular weight is 310 g/mol. The number of anilines is 1. The molecular formula is C15H22N2O3S. The van der Waals surface area contributed by atoms with Crippen molar-refractivity contribution in [2.75, 3.05) is 18.4 Å². The zero-order valence-electron chi connectivity index (χ0n) is 12.7. The zero-order valence-corrected chi connectivity index (χ0v) is 13.5. The van der Waals surface area contributed by atoms with Gasteiger partial charge in [-0.25, -0.2) is 0 Å². The molecule has 2 heterocycles. The summed E-state index contributed by atoms with van der Waals surface area (Å²) in [6.07, 6.45) is 2.49. The maximum Gasteiger partial charge on any atom is 0.320 e. The molecule has 0 aromatic carbocycles. The summed E-state index contributed by atoms with van der Waals surface area (Å²) >= 11 is 1.57. The van der Waals surface area contributed by atoms with Crippen molar-refractivity contribution in [3.63, 3.8) is 0 Å². The molecule has 1 aliphatic rings. The zero-order chi connectivity index (χ0) is 15.6. The highest BCUT2D eigenvalue weighted by Crippen LogP contribution is 2.31. The minimum absolute atomic E-state index is 0.132. The van der Waals surface area contributed by atoms with Gasteiger partial charge in [-0.15, -0.1) is 11.3 Å². The van der Waals surface area contributed by atoms with E-state index in [4.69, 9.17) is 0 Å². The molecule has 1 unspecified atom stereocenters. The first-order valence-corrected chi connectivity index (χ1v) is 8.05. The second-order valence-corrected chi connectivity index (χ2v) is 6.83. The van der Waals surface area contributed by atoms with E-state index in [1.165, 1.54) is 10.4 Å². The predicted octanol–water partition coefficient (Wildman–Crippen LogP) is 2.55. The topological polar surface area (TPSA) is 69.6 Å². The largest absolute Gasteiger partial charge is 0.480 e. The van der Waals surface area contributed by atoms with E-state index in [9.17, 15) is 14.7 Å². The molecule has 1 fully saturated rings. The first-order valence-electron chi connectivity index (χ1n) is 7.23. The summed E-state index contributed by atoms with van der Waals surface area (Å²) in [5.74, 6) is -0.964. The number of rotatable bonds is 4. The van der Waals surface area contributed by atoms with Gasteiger partial charge in [0.25, 0.3) is 0 Å². The van der Waals surface area contributed by atoms with Crippen LogP contribution in [0.2, 0.25) is 0 Å². The molecule has 21 heavy (non-hydrogen) atoms. The van der Waals surface area contributed by atoms with E-state index in [0.717, 1.165) is 23.4 Å². The maximum atomic E-state index is 12.2. The van der Waals surface area contributed by atoms with Gasteiger partial charge < -0.3 is 10.4 Å². The van der Waals surface area contributed by atoms with Crippen molar-refractivity contribution < 1.29 is 14.7 Å². The molecule has 1 aromatic rings. The summed E-state index contributed by atoms with van der Waals surface area (Å²) in [5, 5.41) is 13.0. The number of carbonyl (C=O) groups is 2. The van der Waals surface area contributed by atoms with E-state index in [2.05, 4.69) is 5.32 Å². The summed E-state index contributed by atoms with van der Waals surface area (Å²) in [6.45, 7) is 6.89. The number of aliphatic carboxylic acids is 1. The molecule has 0 radical (unpaired) electrons. The number of amides is 1. The number of carboxylic acid groups (broad SMARTS) is 1. The Hall–Kier alpha value is -1.40. The Kier molecular flexibility index (Phi) is 5.00. The molecule has 1 saturated heterocycles. The molecule has 1 aromatic heterocycles. The van der Waals surface area contributed by atoms with Crippen molar-refractivity contribution >= 4 is 28.2 Å². The second-order valence-electron chi connectivity index (χ2n) is 5.61. The van der Waals surface area contributed by atoms with Crippen molar-refractivity contribution in [3.8, 4) is 0 Å². The highest BCUT2D eigenvalue weighted by atomic mass is 32.1. The number of carboxylic acids is 1. The van der Waals surface area contributed by atoms with Crippen LogP contribution in [0.25, 0.3) is 0 Å². The minimum Gasteiger partial charge on any atom is -0.480 e. The van der Waals surface area contributed by atoms with Crippen LogP contribution in [0.4, 0.5) is 5.00 Å². The van der Waals surface area contributed by atoms with E-state index >= 15 is 0 Å². The number of nitrogens with one attached hydrogen (secondary N) is 1. The number of thiophene rings is 1. The van der Waals surface area contributed by atoms with Crippen LogP contribution in [0.1, 0.15) is 35.3 Å². The Labute approximate surface area is 129 Å². The van der Waals surface area contributed by atoms with Crippen molar-refractivity contribution in [1.82, 2.24) is 4.90 Å². The van der Waals surface area contributed by atoms with Gasteiger partial charge in [-0.3, -0.25) is 14.5 Å². The SMILES string of the molecule is Cc1sc(NC(=O)CN2CCCCC2C(=O)O)c(C)c1C. The summed E-state index contributed by atoms with van der Waals surface area (Å²) in [7, 11) is 0. The molecule has 0 spiro atoms. The molecule has 6 heteroatoms. The third-order valence-electron chi connectivity index (χ3n) is 4.18. The van der Waals surface area contributed by atoms with Crippen LogP contribution in [-0.4, -0.2) is 41.0 Å². The number of carbonyl (C=O) groups excluding carboxylic acids is 1. The molecule has 1 aliphatic heterocycles. The van der Waals surface area contributed by atoms with Crippen LogP contribution in [0.3, 0.4) is 0 Å². The van der Waals surface area contributed by atoms with E-state index in [-0.39, 0.29) is 12.5 Å². The highest BCUT2D eigenvalue weighted by molar-refractivity contribution is 7.16. The van der Waals surface area contributed by atoms with E-state index in [0.29, 0.717) is 13.0 Å². The van der Waals surface area contributed by atoms with Gasteiger partial charge in [-0.2, -0.15) is 0 Å². The molecule has 5 nitrogen and oxygen atoms in total. The van der Waals surface area contributed by atoms with Gasteiger partial charge in [-0.05, 0) is 51.3 Å². The third-order valence-corrected chi connectivity index (χ3v) is 5.41. The molecule has 2 rings (SSSR count). The number of hydrogen-bond donors (Lipinski definition) is 2. The van der Waals surface area contributed by atoms with Gasteiger partial charge in [0.05, 0.1) is 11.5 Å². The number of piperidine rings is 1. The average Bonchev–Trinajstić information content (AvgIpc) is 2.66. The fourth-order valence-corrected chi connectivity index (χ4v) is 3.75. The van der Waals surface area contributed by atoms with Crippen molar-refractivity contribution in [3.05, 3.63) is 16.0 Å². The number of nitrogens with zero attached hydrogens (tertiary/aromatic N) is 1. The predicted molar refractivity (Wildman–Crippen MR) is 84.0 cm³/mol. The normalized spacial score (nSPS) is 19.5. The van der Waals surface area contributed by atoms with Crippen molar-refractivity contribution in [2.24, 2.45) is 0 Å². The lowest BCUT2D eigenvalue weighted by molar-refractivity contribution is -0.145. The lowest BCUT2D eigenvalue weighted by Crippen LogP contribution is -2.47. The Bertz CT molecular complexity index is 553. The van der Waals surface area contributed by atoms with Gasteiger partial charge in [0.2, 0.25) is 5.91 Å². The lowest BCUT2D eigenvalue weighted by atomic mass is 10.0. The van der Waals surface area contributed by atoms with Crippen molar-refractivity contribution in [2.45, 2.75) is 46.1 Å². The molecule has 0 bridgehead atoms. The first-order chi connectivity index (χ1) is 9.90. The second kappa shape index (κ2) is 6.58. The third kappa shape index (κ3) is 3.63. The highest BCUT2D eigenvalue weighted by Gasteiger charge is 2.29. The first kappa shape index (κ1) is 16.0. The Morgan fingerprint density at radius 1 is 1.29 bits per heavy atom. The fourth-order valence-electron chi connectivity index (χ4n) is 2.67. The van der Waals surface area contributed by atoms with E-state index in [1.807, 2.05) is 20.8 Å². The molecule has 0 aliphatic carbocycles. The minimum atomic E-state index is -0.832. The van der Waals surface area contributed by atoms with E-state index in [1.54, 1.807) is 16.2 Å². The van der Waals surface area contributed by atoms with Gasteiger partial charge >= 0.3 is 5.97 Å². The van der Waals surface area contributed by atoms with E-state index < -0.39 is 12.0 Å². The van der Waals surface area contributed by atoms with Gasteiger partial charge in [0.1, 0.15) is 6.04 Å². The van der Waals surface area contributed by atoms with Crippen LogP contribution in [0.15, 0.2) is 0 Å². The molecule has 0 saturated carbocycles. The van der Waals surface area contributed by atoms with Crippen LogP contribution in [0, 0.1) is 20.8 Å². The summed E-state index contributed by atoms with van der Waals surface area (Å²) in [6, 6.07) is -0.530. The molecule has 1 atom stereocenters. The van der Waals surface area contributed by atoms with Gasteiger partial charge in [0.15, 0.2) is 0 Å². The van der Waals surface area contributed by atoms with Gasteiger partial charge in [-0.1, -0.05) is 6.42 Å². The molecule has 1 amide bonds. The summed E-state index contributed by atoms with van der Waals surface area (Å²) in [4.78, 5) is 26.4. The smallest absolute Gasteiger partial charge is 0.320 e. The molecular weight excluding hydrogens is 288 g/mol. The van der Waals surface area contributed by atoms with Crippen LogP contribution in [0.5, 0.6) is 0 Å². The Morgan fingerprint density at radius 3 is 2.57 bits per heavy atom. The quantitative estimate of drug-likeness (QED) is 0.896. The van der Waals surface area contributed by atoms with Crippen LogP contribution >= 0.6 is 11.3 Å². The monoisotopic (exact) mass is 310 g/mol. The molecule has 116 valence electrons. The number of likely N-dealkylation sites (tertiary alicyclic amines) is 1. The standard InChI is InChI=1S/C15H22N2O3S/c1-9-10(2)14(21-11(9)3)16-13(18)8-17-7-5-4-6-12(17)15(19)20/h12H,4-8H2,1-3H3,(H,16,18)(H,19,20). The summed E-state index contributed by atoms with van der Waals surface area (Å²) < 4.78 is 0. The number of hydrogen-bond acceptors (Lipinski definition) is 4. The Morgan fingerprint density at radius 2 is 2.00 bits per heavy atom. The van der Waals surface area contributed by atoms with Crippen molar-refractivity contribution in [1.29, 1.82) is 0 Å². The van der Waals surface area contributed by atoms with Crippen LogP contribution < -0.4 is 5.32 Å². The summed E-state index contributed by atoms with van der Waals surface area (Å²) in [5.41, 5.74) is 2.30.